The molecule has 1 aromatic heterocycles. The first-order valence-corrected chi connectivity index (χ1v) is 10.6. The second-order valence-corrected chi connectivity index (χ2v) is 7.78. The van der Waals surface area contributed by atoms with Crippen molar-refractivity contribution in [3.8, 4) is 5.75 Å². The zero-order valence-electron chi connectivity index (χ0n) is 16.6. The number of non-ortho nitro benzene ring substituents is 1. The fourth-order valence-electron chi connectivity index (χ4n) is 2.90. The number of nitro groups is 1. The normalized spacial score (nSPS) is 11.8. The summed E-state index contributed by atoms with van der Waals surface area (Å²) in [6.45, 7) is -2.98. The van der Waals surface area contributed by atoms with E-state index >= 15 is 0 Å². The van der Waals surface area contributed by atoms with Crippen LogP contribution in [0.5, 0.6) is 5.75 Å². The number of nitro benzene ring substituents is 1. The lowest BCUT2D eigenvalue weighted by Gasteiger charge is -2.14. The minimum atomic E-state index is -2.98. The van der Waals surface area contributed by atoms with Gasteiger partial charge in [-0.2, -0.15) is 8.78 Å². The minimum absolute atomic E-state index is 0.0570. The predicted molar refractivity (Wildman–Crippen MR) is 119 cm³/mol. The number of halogens is 2. The Bertz CT molecular complexity index is 1360. The predicted octanol–water partition coefficient (Wildman–Crippen LogP) is 5.02. The molecule has 1 heterocycles. The van der Waals surface area contributed by atoms with Crippen molar-refractivity contribution in [1.29, 1.82) is 0 Å². The number of benzene rings is 3. The van der Waals surface area contributed by atoms with Crippen molar-refractivity contribution >= 4 is 45.0 Å². The average Bonchev–Trinajstić information content (AvgIpc) is 2.79. The number of fused-ring (bicyclic) bond motifs is 1. The highest BCUT2D eigenvalue weighted by molar-refractivity contribution is 7.86. The number of aromatic nitrogens is 2. The van der Waals surface area contributed by atoms with Gasteiger partial charge >= 0.3 is 6.61 Å². The number of ether oxygens (including phenoxy) is 1. The second kappa shape index (κ2) is 9.53. The van der Waals surface area contributed by atoms with Crippen LogP contribution < -0.4 is 14.8 Å². The van der Waals surface area contributed by atoms with E-state index in [1.807, 2.05) is 0 Å². The van der Waals surface area contributed by atoms with Crippen molar-refractivity contribution in [2.45, 2.75) is 11.5 Å². The molecule has 0 saturated carbocycles. The molecule has 0 aliphatic rings. The van der Waals surface area contributed by atoms with Gasteiger partial charge in [0.1, 0.15) is 5.75 Å². The quantitative estimate of drug-likeness (QED) is 0.274. The van der Waals surface area contributed by atoms with Crippen LogP contribution in [0.2, 0.25) is 0 Å². The summed E-state index contributed by atoms with van der Waals surface area (Å²) in [4.78, 5) is 19.5. The molecule has 1 unspecified atom stereocenters. The first kappa shape index (κ1) is 22.0. The standard InChI is InChI=1S/C21H15F2N5O4S/c22-21(23)32-15-7-3-5-13(11-15)24-19-20(26-18-10-2-1-9-17(18)25-19)27-33(31)16-8-4-6-14(12-16)28(29)30/h1-12,21H,(H,24,25)(H,26,27). The molecule has 4 rings (SSSR count). The Morgan fingerprint density at radius 1 is 0.939 bits per heavy atom. The van der Waals surface area contributed by atoms with E-state index in [0.29, 0.717) is 16.7 Å². The molecule has 0 aliphatic carbocycles. The summed E-state index contributed by atoms with van der Waals surface area (Å²) >= 11 is 0. The molecule has 0 bridgehead atoms. The minimum Gasteiger partial charge on any atom is -0.435 e. The van der Waals surface area contributed by atoms with E-state index in [2.05, 4.69) is 24.7 Å². The molecular weight excluding hydrogens is 456 g/mol. The summed E-state index contributed by atoms with van der Waals surface area (Å²) in [5, 5.41) is 14.0. The van der Waals surface area contributed by atoms with Crippen LogP contribution in [0, 0.1) is 10.1 Å². The van der Waals surface area contributed by atoms with Crippen LogP contribution in [0.3, 0.4) is 0 Å². The van der Waals surface area contributed by atoms with Gasteiger partial charge in [-0.05, 0) is 30.3 Å². The number of hydrogen-bond acceptors (Lipinski definition) is 7. The molecule has 4 aromatic rings. The SMILES string of the molecule is O=[N+]([O-])c1cccc(S(=O)Nc2nc3ccccc3nc2Nc2cccc(OC(F)F)c2)c1. The van der Waals surface area contributed by atoms with Gasteiger partial charge in [-0.1, -0.05) is 24.3 Å². The first-order chi connectivity index (χ1) is 15.9. The number of alkyl halides is 2. The Morgan fingerprint density at radius 2 is 1.64 bits per heavy atom. The van der Waals surface area contributed by atoms with Crippen LogP contribution in [-0.2, 0) is 11.0 Å². The van der Waals surface area contributed by atoms with Gasteiger partial charge in [0.25, 0.3) is 5.69 Å². The molecule has 1 atom stereocenters. The lowest BCUT2D eigenvalue weighted by atomic mass is 10.3. The van der Waals surface area contributed by atoms with Crippen molar-refractivity contribution < 1.29 is 22.6 Å². The van der Waals surface area contributed by atoms with E-state index < -0.39 is 22.5 Å². The van der Waals surface area contributed by atoms with Crippen LogP contribution in [0.25, 0.3) is 11.0 Å². The van der Waals surface area contributed by atoms with Crippen molar-refractivity contribution in [2.75, 3.05) is 10.0 Å². The summed E-state index contributed by atoms with van der Waals surface area (Å²) in [6.07, 6.45) is 0. The number of para-hydroxylation sites is 2. The molecule has 168 valence electrons. The molecule has 3 aromatic carbocycles. The number of rotatable bonds is 8. The van der Waals surface area contributed by atoms with E-state index in [4.69, 9.17) is 0 Å². The van der Waals surface area contributed by atoms with Crippen LogP contribution >= 0.6 is 0 Å². The second-order valence-electron chi connectivity index (χ2n) is 6.57. The van der Waals surface area contributed by atoms with Crippen molar-refractivity contribution in [2.24, 2.45) is 0 Å². The summed E-state index contributed by atoms with van der Waals surface area (Å²) in [7, 11) is -1.91. The molecule has 0 aliphatic heterocycles. The molecule has 0 fully saturated rings. The average molecular weight is 471 g/mol. The molecule has 0 radical (unpaired) electrons. The van der Waals surface area contributed by atoms with Gasteiger partial charge in [0, 0.05) is 23.9 Å². The van der Waals surface area contributed by atoms with Crippen LogP contribution in [-0.4, -0.2) is 25.7 Å². The molecule has 33 heavy (non-hydrogen) atoms. The number of hydrogen-bond donors (Lipinski definition) is 2. The first-order valence-electron chi connectivity index (χ1n) is 9.40. The number of anilines is 3. The fraction of sp³-hybridized carbons (Fsp3) is 0.0476. The smallest absolute Gasteiger partial charge is 0.387 e. The fourth-order valence-corrected chi connectivity index (χ4v) is 3.77. The lowest BCUT2D eigenvalue weighted by Crippen LogP contribution is -2.10. The molecule has 0 saturated heterocycles. The molecule has 0 spiro atoms. The third-order valence-corrected chi connectivity index (χ3v) is 5.39. The molecule has 12 heteroatoms. The maximum atomic E-state index is 12.9. The molecule has 0 amide bonds. The zero-order valence-corrected chi connectivity index (χ0v) is 17.5. The van der Waals surface area contributed by atoms with Gasteiger partial charge in [0.05, 0.1) is 20.9 Å². The summed E-state index contributed by atoms with van der Waals surface area (Å²) in [5.74, 6) is 0.207. The van der Waals surface area contributed by atoms with E-state index in [9.17, 15) is 23.1 Å². The van der Waals surface area contributed by atoms with Crippen LogP contribution in [0.15, 0.2) is 77.7 Å². The van der Waals surface area contributed by atoms with E-state index in [1.165, 1.54) is 42.5 Å². The van der Waals surface area contributed by atoms with Gasteiger partial charge < -0.3 is 10.1 Å². The van der Waals surface area contributed by atoms with E-state index in [-0.39, 0.29) is 28.0 Å². The monoisotopic (exact) mass is 471 g/mol. The van der Waals surface area contributed by atoms with Gasteiger partial charge in [-0.3, -0.25) is 14.8 Å². The van der Waals surface area contributed by atoms with Gasteiger partial charge in [0.15, 0.2) is 22.6 Å². The van der Waals surface area contributed by atoms with Crippen LogP contribution in [0.4, 0.5) is 31.8 Å². The maximum Gasteiger partial charge on any atom is 0.387 e. The third kappa shape index (κ3) is 5.36. The number of nitrogens with zero attached hydrogens (tertiary/aromatic N) is 3. The largest absolute Gasteiger partial charge is 0.435 e. The van der Waals surface area contributed by atoms with E-state index in [1.54, 1.807) is 30.3 Å². The van der Waals surface area contributed by atoms with Gasteiger partial charge in [-0.15, -0.1) is 0 Å². The Hall–Kier alpha value is -4.19. The molecule has 2 N–H and O–H groups in total. The van der Waals surface area contributed by atoms with Crippen molar-refractivity contribution in [1.82, 2.24) is 9.97 Å². The number of nitrogens with one attached hydrogen (secondary N) is 2. The highest BCUT2D eigenvalue weighted by Crippen LogP contribution is 2.28. The van der Waals surface area contributed by atoms with Crippen LogP contribution in [0.1, 0.15) is 0 Å². The lowest BCUT2D eigenvalue weighted by molar-refractivity contribution is -0.385. The highest BCUT2D eigenvalue weighted by Gasteiger charge is 2.16. The summed E-state index contributed by atoms with van der Waals surface area (Å²) < 4.78 is 45.1. The summed E-state index contributed by atoms with van der Waals surface area (Å²) in [6, 6.07) is 18.2. The topological polar surface area (TPSA) is 119 Å². The molecule has 9 nitrogen and oxygen atoms in total. The Kier molecular flexibility index (Phi) is 6.36. The Labute approximate surface area is 188 Å². The van der Waals surface area contributed by atoms with Crippen molar-refractivity contribution in [3.63, 3.8) is 0 Å². The highest BCUT2D eigenvalue weighted by atomic mass is 32.2. The van der Waals surface area contributed by atoms with Crippen molar-refractivity contribution in [3.05, 3.63) is 82.9 Å². The zero-order chi connectivity index (χ0) is 23.4. The van der Waals surface area contributed by atoms with Gasteiger partial charge in [-0.25, -0.2) is 14.2 Å². The molecular formula is C21H15F2N5O4S. The maximum absolute atomic E-state index is 12.9. The van der Waals surface area contributed by atoms with E-state index in [0.717, 1.165) is 0 Å². The Morgan fingerprint density at radius 3 is 2.33 bits per heavy atom. The summed E-state index contributed by atoms with van der Waals surface area (Å²) in [5.41, 5.74) is 1.21. The van der Waals surface area contributed by atoms with Gasteiger partial charge in [0.2, 0.25) is 0 Å². The Balaban J connectivity index is 1.69. The third-order valence-electron chi connectivity index (χ3n) is 4.32.